The summed E-state index contributed by atoms with van der Waals surface area (Å²) in [6.45, 7) is 4.11. The van der Waals surface area contributed by atoms with E-state index < -0.39 is 6.10 Å². The Labute approximate surface area is 141 Å². The van der Waals surface area contributed by atoms with Gasteiger partial charge in [-0.05, 0) is 42.8 Å². The lowest BCUT2D eigenvalue weighted by Gasteiger charge is -2.15. The molecule has 0 radical (unpaired) electrons. The molecule has 2 aromatic carbocycles. The van der Waals surface area contributed by atoms with Gasteiger partial charge in [0, 0.05) is 7.05 Å². The van der Waals surface area contributed by atoms with Crippen LogP contribution in [0, 0.1) is 6.92 Å². The first-order valence-corrected chi connectivity index (χ1v) is 7.95. The van der Waals surface area contributed by atoms with Crippen LogP contribution in [0.1, 0.15) is 18.3 Å². The zero-order valence-electron chi connectivity index (χ0n) is 14.1. The van der Waals surface area contributed by atoms with Gasteiger partial charge in [-0.25, -0.2) is 0 Å². The molecule has 3 aromatic rings. The molecule has 0 aliphatic rings. The summed E-state index contributed by atoms with van der Waals surface area (Å²) >= 11 is 0. The van der Waals surface area contributed by atoms with Gasteiger partial charge in [0.25, 0.3) is 5.91 Å². The molecule has 1 aromatic heterocycles. The lowest BCUT2D eigenvalue weighted by Crippen LogP contribution is -2.36. The van der Waals surface area contributed by atoms with Gasteiger partial charge in [-0.1, -0.05) is 30.3 Å². The van der Waals surface area contributed by atoms with Gasteiger partial charge >= 0.3 is 0 Å². The van der Waals surface area contributed by atoms with Crippen LogP contribution in [0.3, 0.4) is 0 Å². The van der Waals surface area contributed by atoms with E-state index in [0.717, 1.165) is 22.2 Å². The largest absolute Gasteiger partial charge is 0.481 e. The Bertz CT molecular complexity index is 870. The van der Waals surface area contributed by atoms with Gasteiger partial charge in [0.15, 0.2) is 6.10 Å². The maximum atomic E-state index is 12.2. The van der Waals surface area contributed by atoms with Crippen LogP contribution < -0.4 is 10.1 Å². The van der Waals surface area contributed by atoms with Crippen molar-refractivity contribution >= 4 is 16.7 Å². The molecule has 3 rings (SSSR count). The molecule has 1 N–H and O–H groups in total. The first-order chi connectivity index (χ1) is 11.5. The summed E-state index contributed by atoms with van der Waals surface area (Å²) in [5.74, 6) is 0.537. The Hall–Kier alpha value is -2.82. The highest BCUT2D eigenvalue weighted by Crippen LogP contribution is 2.21. The Morgan fingerprint density at radius 3 is 2.67 bits per heavy atom. The molecule has 0 unspecified atom stereocenters. The summed E-state index contributed by atoms with van der Waals surface area (Å²) in [5, 5.41) is 9.39. The van der Waals surface area contributed by atoms with Crippen molar-refractivity contribution in [3.8, 4) is 5.75 Å². The number of aryl methyl sites for hydroxylation is 2. The highest BCUT2D eigenvalue weighted by molar-refractivity contribution is 5.84. The van der Waals surface area contributed by atoms with Gasteiger partial charge in [-0.3, -0.25) is 9.48 Å². The molecular weight excluding hydrogens is 302 g/mol. The average molecular weight is 323 g/mol. The van der Waals surface area contributed by atoms with E-state index in [4.69, 9.17) is 4.74 Å². The van der Waals surface area contributed by atoms with E-state index in [9.17, 15) is 4.79 Å². The molecule has 0 bridgehead atoms. The van der Waals surface area contributed by atoms with Crippen LogP contribution in [0.2, 0.25) is 0 Å². The van der Waals surface area contributed by atoms with Crippen molar-refractivity contribution < 1.29 is 9.53 Å². The van der Waals surface area contributed by atoms with E-state index in [1.165, 1.54) is 0 Å². The lowest BCUT2D eigenvalue weighted by atomic mass is 10.1. The van der Waals surface area contributed by atoms with Crippen LogP contribution >= 0.6 is 0 Å². The van der Waals surface area contributed by atoms with Crippen molar-refractivity contribution in [3.05, 3.63) is 59.9 Å². The molecular formula is C19H21N3O2. The first kappa shape index (κ1) is 16.1. The van der Waals surface area contributed by atoms with Crippen molar-refractivity contribution in [2.45, 2.75) is 26.5 Å². The van der Waals surface area contributed by atoms with Crippen LogP contribution in [-0.4, -0.2) is 21.8 Å². The number of carbonyl (C=O) groups is 1. The number of ether oxygens (including phenoxy) is 1. The fourth-order valence-electron chi connectivity index (χ4n) is 2.65. The number of amides is 1. The molecule has 124 valence electrons. The number of benzene rings is 2. The van der Waals surface area contributed by atoms with Crippen molar-refractivity contribution in [1.29, 1.82) is 0 Å². The molecule has 0 saturated heterocycles. The maximum absolute atomic E-state index is 12.2. The molecule has 0 saturated carbocycles. The van der Waals surface area contributed by atoms with Gasteiger partial charge in [-0.15, -0.1) is 0 Å². The van der Waals surface area contributed by atoms with Gasteiger partial charge in [0.2, 0.25) is 0 Å². The third kappa shape index (κ3) is 3.56. The lowest BCUT2D eigenvalue weighted by molar-refractivity contribution is -0.127. The highest BCUT2D eigenvalue weighted by atomic mass is 16.5. The molecule has 0 aliphatic carbocycles. The number of hydrogen-bond donors (Lipinski definition) is 1. The molecule has 5 heteroatoms. The van der Waals surface area contributed by atoms with Crippen LogP contribution in [-0.2, 0) is 18.4 Å². The van der Waals surface area contributed by atoms with Gasteiger partial charge in [0.1, 0.15) is 5.75 Å². The number of nitrogens with one attached hydrogen (secondary N) is 1. The Morgan fingerprint density at radius 2 is 1.96 bits per heavy atom. The Balaban J connectivity index is 1.61. The summed E-state index contributed by atoms with van der Waals surface area (Å²) < 4.78 is 7.54. The number of carbonyl (C=O) groups excluding carboxylic acids is 1. The third-order valence-corrected chi connectivity index (χ3v) is 3.95. The van der Waals surface area contributed by atoms with Crippen LogP contribution in [0.25, 0.3) is 10.8 Å². The Morgan fingerprint density at radius 1 is 1.21 bits per heavy atom. The predicted molar refractivity (Wildman–Crippen MR) is 93.8 cm³/mol. The maximum Gasteiger partial charge on any atom is 0.261 e. The van der Waals surface area contributed by atoms with E-state index >= 15 is 0 Å². The summed E-state index contributed by atoms with van der Waals surface area (Å²) in [5.41, 5.74) is 1.89. The Kier molecular flexibility index (Phi) is 4.51. The SMILES string of the molecule is Cc1cc(CNC(=O)[C@@H](C)Oc2ccc3ccccc3c2)n(C)n1. The normalized spacial score (nSPS) is 12.1. The smallest absolute Gasteiger partial charge is 0.261 e. The second kappa shape index (κ2) is 6.74. The monoisotopic (exact) mass is 323 g/mol. The number of fused-ring (bicyclic) bond motifs is 1. The zero-order chi connectivity index (χ0) is 17.1. The van der Waals surface area contributed by atoms with Crippen molar-refractivity contribution in [2.24, 2.45) is 7.05 Å². The van der Waals surface area contributed by atoms with E-state index in [-0.39, 0.29) is 5.91 Å². The fourth-order valence-corrected chi connectivity index (χ4v) is 2.65. The molecule has 1 atom stereocenters. The van der Waals surface area contributed by atoms with E-state index in [1.54, 1.807) is 11.6 Å². The summed E-state index contributed by atoms with van der Waals surface area (Å²) in [6.07, 6.45) is -0.569. The van der Waals surface area contributed by atoms with Crippen molar-refractivity contribution in [1.82, 2.24) is 15.1 Å². The average Bonchev–Trinajstić information content (AvgIpc) is 2.90. The topological polar surface area (TPSA) is 56.1 Å². The van der Waals surface area contributed by atoms with Gasteiger partial charge in [0.05, 0.1) is 17.9 Å². The highest BCUT2D eigenvalue weighted by Gasteiger charge is 2.15. The number of aromatic nitrogens is 2. The van der Waals surface area contributed by atoms with Crippen LogP contribution in [0.5, 0.6) is 5.75 Å². The third-order valence-electron chi connectivity index (χ3n) is 3.95. The molecule has 0 spiro atoms. The molecule has 1 heterocycles. The predicted octanol–water partition coefficient (Wildman–Crippen LogP) is 2.97. The minimum Gasteiger partial charge on any atom is -0.481 e. The molecule has 1 amide bonds. The van der Waals surface area contributed by atoms with Crippen molar-refractivity contribution in [2.75, 3.05) is 0 Å². The number of nitrogens with zero attached hydrogens (tertiary/aromatic N) is 2. The van der Waals surface area contributed by atoms with Crippen LogP contribution in [0.15, 0.2) is 48.5 Å². The quantitative estimate of drug-likeness (QED) is 0.785. The number of hydrogen-bond acceptors (Lipinski definition) is 3. The zero-order valence-corrected chi connectivity index (χ0v) is 14.1. The van der Waals surface area contributed by atoms with Gasteiger partial charge < -0.3 is 10.1 Å². The second-order valence-electron chi connectivity index (χ2n) is 5.89. The molecule has 0 aliphatic heterocycles. The molecule has 5 nitrogen and oxygen atoms in total. The summed E-state index contributed by atoms with van der Waals surface area (Å²) in [6, 6.07) is 15.8. The molecule has 24 heavy (non-hydrogen) atoms. The first-order valence-electron chi connectivity index (χ1n) is 7.95. The minimum atomic E-state index is -0.569. The summed E-state index contributed by atoms with van der Waals surface area (Å²) in [7, 11) is 1.86. The van der Waals surface area contributed by atoms with E-state index in [0.29, 0.717) is 12.3 Å². The standard InChI is InChI=1S/C19H21N3O2/c1-13-10-17(22(3)21-13)12-20-19(23)14(2)24-18-9-8-15-6-4-5-7-16(15)11-18/h4-11,14H,12H2,1-3H3,(H,20,23)/t14-/m1/s1. The second-order valence-corrected chi connectivity index (χ2v) is 5.89. The fraction of sp³-hybridized carbons (Fsp3) is 0.263. The van der Waals surface area contributed by atoms with E-state index in [1.807, 2.05) is 62.5 Å². The van der Waals surface area contributed by atoms with E-state index in [2.05, 4.69) is 10.4 Å². The minimum absolute atomic E-state index is 0.151. The van der Waals surface area contributed by atoms with Crippen molar-refractivity contribution in [3.63, 3.8) is 0 Å². The summed E-state index contributed by atoms with van der Waals surface area (Å²) in [4.78, 5) is 12.2. The van der Waals surface area contributed by atoms with Gasteiger partial charge in [-0.2, -0.15) is 5.10 Å². The molecule has 0 fully saturated rings. The van der Waals surface area contributed by atoms with Crippen LogP contribution in [0.4, 0.5) is 0 Å². The number of rotatable bonds is 5.